The molecule has 0 spiro atoms. The zero-order valence-corrected chi connectivity index (χ0v) is 47.2. The highest BCUT2D eigenvalue weighted by Gasteiger charge is 2.41. The smallest absolute Gasteiger partial charge is 0.167 e. The van der Waals surface area contributed by atoms with Gasteiger partial charge >= 0.3 is 0 Å². The summed E-state index contributed by atoms with van der Waals surface area (Å²) in [6.07, 6.45) is 3.76. The molecule has 10 aromatic rings. The van der Waals surface area contributed by atoms with Gasteiger partial charge in [0.1, 0.15) is 56.4 Å². The van der Waals surface area contributed by atoms with Crippen LogP contribution in [0.3, 0.4) is 0 Å². The second-order valence-electron chi connectivity index (χ2n) is 23.9. The number of fused-ring (bicyclic) bond motifs is 2. The summed E-state index contributed by atoms with van der Waals surface area (Å²) in [5.41, 5.74) is 6.58. The summed E-state index contributed by atoms with van der Waals surface area (Å²) in [7, 11) is 0. The molecule has 0 atom stereocenters. The number of hydrogen-bond donors (Lipinski definition) is 3. The van der Waals surface area contributed by atoms with Crippen molar-refractivity contribution in [1.82, 2.24) is 44.9 Å². The van der Waals surface area contributed by atoms with E-state index in [1.54, 1.807) is 6.07 Å². The number of phenolic OH excluding ortho intramolecular Hbond substituents is 3. The average Bonchev–Trinajstić information content (AvgIpc) is 4.27. The van der Waals surface area contributed by atoms with E-state index >= 15 is 0 Å². The van der Waals surface area contributed by atoms with Gasteiger partial charge in [-0.25, -0.2) is 15.0 Å². The summed E-state index contributed by atoms with van der Waals surface area (Å²) in [5, 5.41) is 59.3. The predicted molar refractivity (Wildman–Crippen MR) is 314 cm³/mol. The van der Waals surface area contributed by atoms with E-state index < -0.39 is 16.7 Å². The number of phenols is 3. The maximum atomic E-state index is 13.5. The van der Waals surface area contributed by atoms with Gasteiger partial charge in [0.25, 0.3) is 0 Å². The Labute approximate surface area is 463 Å². The molecular weight excluding hydrogens is 983 g/mol. The highest BCUT2D eigenvalue weighted by atomic mass is 16.5. The quantitative estimate of drug-likeness (QED) is 0.0622. The largest absolute Gasteiger partial charge is 0.507 e. The first-order valence-electron chi connectivity index (χ1n) is 27.4. The van der Waals surface area contributed by atoms with Gasteiger partial charge in [0.05, 0.1) is 12.2 Å². The Hall–Kier alpha value is -8.45. The molecule has 0 aliphatic heterocycles. The molecule has 13 nitrogen and oxygen atoms in total. The second kappa shape index (κ2) is 21.1. The Bertz CT molecular complexity index is 3560. The first-order valence-corrected chi connectivity index (χ1v) is 27.4. The number of nitrogens with zero attached hydrogens (tertiary/aromatic N) is 9. The number of rotatable bonds is 16. The molecule has 0 unspecified atom stereocenters. The molecule has 3 heterocycles. The number of ether oxygens (including phenoxy) is 1. The maximum Gasteiger partial charge on any atom is 0.167 e. The van der Waals surface area contributed by atoms with Crippen molar-refractivity contribution < 1.29 is 20.1 Å². The standard InChI is InChI=1S/C66H71N9O4/c1-12-13-14-25-34-79-56-40-55(76)45(62-68-60(41-26-17-15-18-27-41)67-61(69-62)42-28-19-16-20-29-42)39-46(56)57(47-35-43(65(8,9)63(2,3)4)37-53(58(47)77)74-70-49-30-21-22-31-50(49)71-74)48-36-44(66(10,11)64(5,6)7)38-54(59(48)78)75-72-51-32-23-24-33-52(51)73-75/h15-24,26-33,35-40,57,76-78H,12-14,25,34H2,1-11H3. The van der Waals surface area contributed by atoms with E-state index in [4.69, 9.17) is 40.1 Å². The van der Waals surface area contributed by atoms with Crippen LogP contribution in [0.15, 0.2) is 146 Å². The third-order valence-corrected chi connectivity index (χ3v) is 16.7. The minimum atomic E-state index is -1.05. The van der Waals surface area contributed by atoms with E-state index in [0.29, 0.717) is 74.1 Å². The van der Waals surface area contributed by atoms with Crippen LogP contribution < -0.4 is 4.74 Å². The van der Waals surface area contributed by atoms with E-state index in [2.05, 4.69) is 76.2 Å². The molecule has 3 aromatic heterocycles. The van der Waals surface area contributed by atoms with Gasteiger partial charge < -0.3 is 20.1 Å². The Morgan fingerprint density at radius 2 is 0.861 bits per heavy atom. The van der Waals surface area contributed by atoms with Crippen LogP contribution in [0.5, 0.6) is 23.0 Å². The summed E-state index contributed by atoms with van der Waals surface area (Å²) in [6.45, 7) is 24.5. The fourth-order valence-electron chi connectivity index (χ4n) is 9.81. The summed E-state index contributed by atoms with van der Waals surface area (Å²) in [6, 6.07) is 46.1. The van der Waals surface area contributed by atoms with E-state index in [1.807, 2.05) is 140 Å². The lowest BCUT2D eigenvalue weighted by Gasteiger charge is -2.41. The maximum absolute atomic E-state index is 13.5. The molecule has 404 valence electrons. The third-order valence-electron chi connectivity index (χ3n) is 16.7. The van der Waals surface area contributed by atoms with Crippen molar-refractivity contribution in [2.24, 2.45) is 10.8 Å². The third kappa shape index (κ3) is 10.4. The van der Waals surface area contributed by atoms with Gasteiger partial charge in [0, 0.05) is 39.8 Å². The molecule has 0 amide bonds. The molecule has 0 bridgehead atoms. The molecule has 0 aliphatic rings. The Balaban J connectivity index is 1.35. The monoisotopic (exact) mass is 1050 g/mol. The zero-order chi connectivity index (χ0) is 56.0. The van der Waals surface area contributed by atoms with Crippen LogP contribution in [0.1, 0.15) is 136 Å². The van der Waals surface area contributed by atoms with Crippen molar-refractivity contribution in [3.8, 4) is 68.5 Å². The van der Waals surface area contributed by atoms with Crippen LogP contribution in [-0.2, 0) is 10.8 Å². The van der Waals surface area contributed by atoms with Gasteiger partial charge in [-0.05, 0) is 81.7 Å². The Morgan fingerprint density at radius 3 is 1.27 bits per heavy atom. The van der Waals surface area contributed by atoms with Crippen LogP contribution in [0, 0.1) is 10.8 Å². The van der Waals surface area contributed by atoms with Gasteiger partial charge in [-0.2, -0.15) is 0 Å². The van der Waals surface area contributed by atoms with Gasteiger partial charge in [-0.1, -0.05) is 192 Å². The number of unbranched alkanes of at least 4 members (excludes halogenated alkanes) is 3. The van der Waals surface area contributed by atoms with E-state index in [0.717, 1.165) is 47.9 Å². The zero-order valence-electron chi connectivity index (χ0n) is 47.2. The molecule has 13 heteroatoms. The topological polar surface area (TPSA) is 170 Å². The molecule has 3 N–H and O–H groups in total. The number of aromatic hydroxyl groups is 3. The lowest BCUT2D eigenvalue weighted by atomic mass is 9.64. The minimum absolute atomic E-state index is 0.121. The highest BCUT2D eigenvalue weighted by molar-refractivity contribution is 5.77. The second-order valence-corrected chi connectivity index (χ2v) is 23.9. The molecule has 0 saturated carbocycles. The minimum Gasteiger partial charge on any atom is -0.507 e. The number of hydrogen-bond acceptors (Lipinski definition) is 11. The van der Waals surface area contributed by atoms with Crippen LogP contribution >= 0.6 is 0 Å². The lowest BCUT2D eigenvalue weighted by molar-refractivity contribution is 0.225. The summed E-state index contributed by atoms with van der Waals surface area (Å²) in [4.78, 5) is 18.2. The average molecular weight is 1050 g/mol. The van der Waals surface area contributed by atoms with Crippen molar-refractivity contribution in [2.75, 3.05) is 6.61 Å². The molecular formula is C66H71N9O4. The van der Waals surface area contributed by atoms with E-state index in [9.17, 15) is 15.3 Å². The van der Waals surface area contributed by atoms with Crippen LogP contribution in [0.25, 0.3) is 67.6 Å². The van der Waals surface area contributed by atoms with Crippen molar-refractivity contribution >= 4 is 22.1 Å². The Morgan fingerprint density at radius 1 is 0.456 bits per heavy atom. The molecule has 10 rings (SSSR count). The number of aromatic nitrogens is 9. The lowest BCUT2D eigenvalue weighted by Crippen LogP contribution is -2.34. The summed E-state index contributed by atoms with van der Waals surface area (Å²) >= 11 is 0. The fourth-order valence-corrected chi connectivity index (χ4v) is 9.81. The van der Waals surface area contributed by atoms with Gasteiger partial charge in [-0.3, -0.25) is 0 Å². The van der Waals surface area contributed by atoms with Gasteiger partial charge in [0.15, 0.2) is 17.5 Å². The van der Waals surface area contributed by atoms with E-state index in [1.165, 1.54) is 9.59 Å². The molecule has 0 fully saturated rings. The van der Waals surface area contributed by atoms with Crippen molar-refractivity contribution in [3.05, 3.63) is 173 Å². The molecule has 79 heavy (non-hydrogen) atoms. The SMILES string of the molecule is CCCCCCOc1cc(O)c(-c2nc(-c3ccccc3)nc(-c3ccccc3)n2)cc1C(c1cc(C(C)(C)C(C)(C)C)cc(-n2nc3ccccc3n2)c1O)c1cc(C(C)(C)C(C)(C)C)cc(-n2nc3ccccc3n2)c1O. The molecule has 0 radical (unpaired) electrons. The summed E-state index contributed by atoms with van der Waals surface area (Å²) in [5.74, 6) is -0.0422. The van der Waals surface area contributed by atoms with Crippen molar-refractivity contribution in [2.45, 2.75) is 119 Å². The van der Waals surface area contributed by atoms with Crippen LogP contribution in [0.2, 0.25) is 0 Å². The predicted octanol–water partition coefficient (Wildman–Crippen LogP) is 15.2. The summed E-state index contributed by atoms with van der Waals surface area (Å²) < 4.78 is 6.92. The van der Waals surface area contributed by atoms with Gasteiger partial charge in [-0.15, -0.1) is 30.0 Å². The van der Waals surface area contributed by atoms with Crippen molar-refractivity contribution in [1.29, 1.82) is 0 Å². The van der Waals surface area contributed by atoms with Crippen LogP contribution in [-0.4, -0.2) is 66.9 Å². The molecule has 0 aliphatic carbocycles. The molecule has 0 saturated heterocycles. The van der Waals surface area contributed by atoms with Crippen LogP contribution in [0.4, 0.5) is 0 Å². The van der Waals surface area contributed by atoms with Gasteiger partial charge in [0.2, 0.25) is 0 Å². The first kappa shape index (κ1) is 53.9. The Kier molecular flexibility index (Phi) is 14.4. The molecule has 7 aromatic carbocycles. The number of benzene rings is 7. The first-order chi connectivity index (χ1) is 37.6. The van der Waals surface area contributed by atoms with E-state index in [-0.39, 0.29) is 39.5 Å². The highest BCUT2D eigenvalue weighted by Crippen LogP contribution is 2.53. The fraction of sp³-hybridized carbons (Fsp3) is 0.318. The van der Waals surface area contributed by atoms with Crippen molar-refractivity contribution in [3.63, 3.8) is 0 Å². The normalized spacial score (nSPS) is 12.5.